The summed E-state index contributed by atoms with van der Waals surface area (Å²) in [6, 6.07) is 3.84. The highest BCUT2D eigenvalue weighted by Gasteiger charge is 2.27. The van der Waals surface area contributed by atoms with Gasteiger partial charge in [-0.1, -0.05) is 39.5 Å². The lowest BCUT2D eigenvalue weighted by Gasteiger charge is -2.35. The third-order valence-electron chi connectivity index (χ3n) is 4.78. The second kappa shape index (κ2) is 9.49. The smallest absolute Gasteiger partial charge is 0.230 e. The zero-order valence-corrected chi connectivity index (χ0v) is 18.0. The summed E-state index contributed by atoms with van der Waals surface area (Å²) in [6.07, 6.45) is 2.91. The Morgan fingerprint density at radius 3 is 2.71 bits per heavy atom. The third kappa shape index (κ3) is 5.53. The maximum atomic E-state index is 12.1. The Balaban J connectivity index is 1.76. The maximum absolute atomic E-state index is 12.1. The standard InChI is InChI=1S/C20H31N5O2S/c1-14(2)9-21-18(26)13-28-20-23-22-19(24-10-15(3)8-16(4)11-24)25(20)12-17-6-5-7-27-17/h5-7,14-16H,8-13H2,1-4H3,(H,21,26). The van der Waals surface area contributed by atoms with Gasteiger partial charge in [-0.05, 0) is 36.3 Å². The predicted octanol–water partition coefficient (Wildman–Crippen LogP) is 3.27. The lowest BCUT2D eigenvalue weighted by molar-refractivity contribution is -0.118. The van der Waals surface area contributed by atoms with Gasteiger partial charge in [0.05, 0.1) is 18.6 Å². The van der Waals surface area contributed by atoms with Crippen LogP contribution in [0.1, 0.15) is 39.9 Å². The van der Waals surface area contributed by atoms with E-state index in [1.165, 1.54) is 18.2 Å². The highest BCUT2D eigenvalue weighted by Crippen LogP contribution is 2.28. The molecule has 154 valence electrons. The van der Waals surface area contributed by atoms with E-state index >= 15 is 0 Å². The fourth-order valence-electron chi connectivity index (χ4n) is 3.64. The van der Waals surface area contributed by atoms with Crippen LogP contribution in [0.5, 0.6) is 0 Å². The summed E-state index contributed by atoms with van der Waals surface area (Å²) >= 11 is 1.42. The summed E-state index contributed by atoms with van der Waals surface area (Å²) in [5, 5.41) is 12.6. The lowest BCUT2D eigenvalue weighted by atomic mass is 9.92. The van der Waals surface area contributed by atoms with Gasteiger partial charge in [0.15, 0.2) is 5.16 Å². The molecule has 2 atom stereocenters. The minimum Gasteiger partial charge on any atom is -0.467 e. The van der Waals surface area contributed by atoms with Gasteiger partial charge in [0.2, 0.25) is 11.9 Å². The number of thioether (sulfide) groups is 1. The van der Waals surface area contributed by atoms with Gasteiger partial charge in [0, 0.05) is 19.6 Å². The molecule has 0 aromatic carbocycles. The molecule has 0 bridgehead atoms. The highest BCUT2D eigenvalue weighted by molar-refractivity contribution is 7.99. The molecule has 0 spiro atoms. The van der Waals surface area contributed by atoms with Crippen molar-refractivity contribution in [3.05, 3.63) is 24.2 Å². The Labute approximate surface area is 171 Å². The third-order valence-corrected chi connectivity index (χ3v) is 5.75. The first-order chi connectivity index (χ1) is 13.4. The molecule has 8 heteroatoms. The Morgan fingerprint density at radius 1 is 1.32 bits per heavy atom. The van der Waals surface area contributed by atoms with Gasteiger partial charge in [-0.15, -0.1) is 10.2 Å². The van der Waals surface area contributed by atoms with Crippen molar-refractivity contribution in [3.63, 3.8) is 0 Å². The number of nitrogens with zero attached hydrogens (tertiary/aromatic N) is 4. The second-order valence-electron chi connectivity index (χ2n) is 8.29. The SMILES string of the molecule is CC(C)CNC(=O)CSc1nnc(N2CC(C)CC(C)C2)n1Cc1ccco1. The quantitative estimate of drug-likeness (QED) is 0.680. The number of furan rings is 1. The summed E-state index contributed by atoms with van der Waals surface area (Å²) < 4.78 is 7.63. The minimum atomic E-state index is 0.0213. The van der Waals surface area contributed by atoms with Gasteiger partial charge >= 0.3 is 0 Å². The van der Waals surface area contributed by atoms with Crippen LogP contribution in [0.25, 0.3) is 0 Å². The summed E-state index contributed by atoms with van der Waals surface area (Å²) in [7, 11) is 0. The van der Waals surface area contributed by atoms with Gasteiger partial charge in [0.1, 0.15) is 5.76 Å². The van der Waals surface area contributed by atoms with Crippen LogP contribution >= 0.6 is 11.8 Å². The Bertz CT molecular complexity index is 749. The van der Waals surface area contributed by atoms with Crippen molar-refractivity contribution in [2.24, 2.45) is 17.8 Å². The Morgan fingerprint density at radius 2 is 2.07 bits per heavy atom. The normalized spacial score (nSPS) is 20.0. The molecule has 2 aromatic rings. The van der Waals surface area contributed by atoms with Crippen LogP contribution in [0.4, 0.5) is 5.95 Å². The van der Waals surface area contributed by atoms with Crippen molar-refractivity contribution in [2.45, 2.75) is 45.8 Å². The van der Waals surface area contributed by atoms with E-state index in [0.29, 0.717) is 36.6 Å². The van der Waals surface area contributed by atoms with Crippen molar-refractivity contribution in [2.75, 3.05) is 30.3 Å². The zero-order valence-electron chi connectivity index (χ0n) is 17.2. The van der Waals surface area contributed by atoms with Crippen molar-refractivity contribution < 1.29 is 9.21 Å². The number of hydrogen-bond acceptors (Lipinski definition) is 6. The number of carbonyl (C=O) groups excluding carboxylic acids is 1. The number of carbonyl (C=O) groups is 1. The van der Waals surface area contributed by atoms with Crippen LogP contribution in [-0.2, 0) is 11.3 Å². The average Bonchev–Trinajstić information content (AvgIpc) is 3.28. The molecule has 28 heavy (non-hydrogen) atoms. The summed E-state index contributed by atoms with van der Waals surface area (Å²) in [6.45, 7) is 11.9. The molecule has 1 fully saturated rings. The molecule has 1 saturated heterocycles. The number of anilines is 1. The molecular weight excluding hydrogens is 374 g/mol. The molecule has 2 aromatic heterocycles. The molecule has 1 aliphatic heterocycles. The van der Waals surface area contributed by atoms with Crippen molar-refractivity contribution in [1.29, 1.82) is 0 Å². The van der Waals surface area contributed by atoms with Crippen LogP contribution in [0.2, 0.25) is 0 Å². The fraction of sp³-hybridized carbons (Fsp3) is 0.650. The number of piperidine rings is 1. The molecule has 3 rings (SSSR count). The van der Waals surface area contributed by atoms with Crippen LogP contribution in [0.3, 0.4) is 0 Å². The molecule has 2 unspecified atom stereocenters. The monoisotopic (exact) mass is 405 g/mol. The van der Waals surface area contributed by atoms with E-state index in [1.807, 2.05) is 12.1 Å². The molecule has 1 aliphatic rings. The summed E-state index contributed by atoms with van der Waals surface area (Å²) in [4.78, 5) is 14.4. The molecule has 1 N–H and O–H groups in total. The van der Waals surface area contributed by atoms with E-state index in [9.17, 15) is 4.79 Å². The molecular formula is C20H31N5O2S. The molecule has 7 nitrogen and oxygen atoms in total. The van der Waals surface area contributed by atoms with E-state index < -0.39 is 0 Å². The summed E-state index contributed by atoms with van der Waals surface area (Å²) in [5.41, 5.74) is 0. The number of amides is 1. The van der Waals surface area contributed by atoms with E-state index in [4.69, 9.17) is 4.42 Å². The first-order valence-corrected chi connectivity index (χ1v) is 11.0. The number of aromatic nitrogens is 3. The molecule has 0 saturated carbocycles. The number of rotatable bonds is 8. The average molecular weight is 406 g/mol. The molecule has 1 amide bonds. The Kier molecular flexibility index (Phi) is 7.04. The van der Waals surface area contributed by atoms with Crippen molar-refractivity contribution in [3.8, 4) is 0 Å². The van der Waals surface area contributed by atoms with E-state index in [2.05, 4.69) is 52.7 Å². The van der Waals surface area contributed by atoms with E-state index in [-0.39, 0.29) is 5.91 Å². The summed E-state index contributed by atoms with van der Waals surface area (Å²) in [5.74, 6) is 3.74. The van der Waals surface area contributed by atoms with Crippen molar-refractivity contribution >= 4 is 23.6 Å². The van der Waals surface area contributed by atoms with Gasteiger partial charge in [-0.25, -0.2) is 0 Å². The largest absolute Gasteiger partial charge is 0.467 e. The van der Waals surface area contributed by atoms with Crippen LogP contribution in [-0.4, -0.2) is 46.1 Å². The molecule has 3 heterocycles. The molecule has 0 radical (unpaired) electrons. The van der Waals surface area contributed by atoms with Crippen LogP contribution in [0.15, 0.2) is 28.0 Å². The number of hydrogen-bond donors (Lipinski definition) is 1. The van der Waals surface area contributed by atoms with Gasteiger partial charge in [-0.2, -0.15) is 0 Å². The predicted molar refractivity (Wildman–Crippen MR) is 112 cm³/mol. The molecule has 0 aliphatic carbocycles. The van der Waals surface area contributed by atoms with E-state index in [0.717, 1.165) is 30.0 Å². The fourth-order valence-corrected chi connectivity index (χ4v) is 4.41. The van der Waals surface area contributed by atoms with Gasteiger partial charge < -0.3 is 14.6 Å². The highest BCUT2D eigenvalue weighted by atomic mass is 32.2. The maximum Gasteiger partial charge on any atom is 0.230 e. The number of nitrogens with one attached hydrogen (secondary N) is 1. The van der Waals surface area contributed by atoms with Crippen LogP contribution in [0, 0.1) is 17.8 Å². The van der Waals surface area contributed by atoms with Gasteiger partial charge in [-0.3, -0.25) is 9.36 Å². The first kappa shape index (κ1) is 20.8. The van der Waals surface area contributed by atoms with Gasteiger partial charge in [0.25, 0.3) is 0 Å². The van der Waals surface area contributed by atoms with E-state index in [1.54, 1.807) is 6.26 Å². The Hall–Kier alpha value is -1.96. The first-order valence-electron chi connectivity index (χ1n) is 10.0. The second-order valence-corrected chi connectivity index (χ2v) is 9.23. The minimum absolute atomic E-state index is 0.0213. The van der Waals surface area contributed by atoms with Crippen LogP contribution < -0.4 is 10.2 Å². The lowest BCUT2D eigenvalue weighted by Crippen LogP contribution is -2.40. The van der Waals surface area contributed by atoms with Crippen molar-refractivity contribution in [1.82, 2.24) is 20.1 Å². The zero-order chi connectivity index (χ0) is 20.1. The topological polar surface area (TPSA) is 76.2 Å².